The monoisotopic (exact) mass is 840 g/mol. The fourth-order valence-corrected chi connectivity index (χ4v) is 7.22. The third-order valence-corrected chi connectivity index (χ3v) is 10.9. The molecule has 2 unspecified atom stereocenters. The molecule has 0 aliphatic heterocycles. The molecule has 13 nitrogen and oxygen atoms in total. The Morgan fingerprint density at radius 1 is 0.614 bits per heavy atom. The van der Waals surface area contributed by atoms with Gasteiger partial charge in [0.05, 0.1) is 21.2 Å². The van der Waals surface area contributed by atoms with Crippen LogP contribution in [0, 0.1) is 0 Å². The maximum absolute atomic E-state index is 12.8. The second kappa shape index (κ2) is 38.8. The maximum atomic E-state index is 12.8. The first kappa shape index (κ1) is 53.6. The van der Waals surface area contributed by atoms with E-state index in [1.165, 1.54) is 103 Å². The molecule has 57 heavy (non-hydrogen) atoms. The van der Waals surface area contributed by atoms with Crippen molar-refractivity contribution in [1.29, 1.82) is 0 Å². The number of hydrogen-bond acceptors (Lipinski definition) is 12. The van der Waals surface area contributed by atoms with Gasteiger partial charge in [-0.2, -0.15) is 0 Å². The van der Waals surface area contributed by atoms with Crippen LogP contribution in [-0.4, -0.2) is 99.3 Å². The Morgan fingerprint density at radius 2 is 1.04 bits per heavy atom. The van der Waals surface area contributed by atoms with Crippen LogP contribution in [0.4, 0.5) is 0 Å². The lowest BCUT2D eigenvalue weighted by molar-refractivity contribution is -0.161. The molecule has 0 radical (unpaired) electrons. The van der Waals surface area contributed by atoms with Gasteiger partial charge in [-0.3, -0.25) is 18.6 Å². The topological polar surface area (TPSA) is 210 Å². The van der Waals surface area contributed by atoms with Crippen molar-refractivity contribution in [2.45, 2.75) is 224 Å². The summed E-state index contributed by atoms with van der Waals surface area (Å²) in [5.74, 6) is -1.42. The average molecular weight is 840 g/mol. The molecule has 0 aliphatic carbocycles. The number of carbonyl (C=O) groups is 2. The molecule has 0 aromatic heterocycles. The van der Waals surface area contributed by atoms with Gasteiger partial charge in [-0.15, -0.1) is 0 Å². The highest BCUT2D eigenvalue weighted by Gasteiger charge is 2.37. The number of rotatable bonds is 42. The molecular formula is C43H83O13P. The van der Waals surface area contributed by atoms with E-state index in [0.717, 1.165) is 44.9 Å². The highest BCUT2D eigenvalue weighted by Crippen LogP contribution is 2.45. The van der Waals surface area contributed by atoms with Crippen LogP contribution in [0.15, 0.2) is 12.2 Å². The Balaban J connectivity index is 4.88. The molecule has 7 atom stereocenters. The fourth-order valence-electron chi connectivity index (χ4n) is 6.30. The van der Waals surface area contributed by atoms with Crippen molar-refractivity contribution in [2.75, 3.05) is 26.4 Å². The normalized spacial score (nSPS) is 16.4. The van der Waals surface area contributed by atoms with E-state index in [4.69, 9.17) is 25.0 Å². The molecule has 0 aliphatic rings. The van der Waals surface area contributed by atoms with Gasteiger partial charge in [0.15, 0.2) is 6.10 Å². The number of carbonyl (C=O) groups excluding carboxylic acids is 2. The van der Waals surface area contributed by atoms with Crippen LogP contribution >= 0.6 is 7.82 Å². The van der Waals surface area contributed by atoms with E-state index in [1.807, 2.05) is 0 Å². The van der Waals surface area contributed by atoms with E-state index in [1.54, 1.807) is 0 Å². The van der Waals surface area contributed by atoms with Crippen molar-refractivity contribution in [3.05, 3.63) is 12.2 Å². The zero-order valence-corrected chi connectivity index (χ0v) is 36.4. The van der Waals surface area contributed by atoms with Crippen molar-refractivity contribution in [1.82, 2.24) is 0 Å². The van der Waals surface area contributed by atoms with Crippen molar-refractivity contribution in [2.24, 2.45) is 0 Å². The van der Waals surface area contributed by atoms with Crippen LogP contribution in [-0.2, 0) is 32.7 Å². The zero-order valence-electron chi connectivity index (χ0n) is 36.5. The van der Waals surface area contributed by atoms with E-state index in [-0.39, 0.29) is 12.8 Å². The van der Waals surface area contributed by atoms with Crippen molar-refractivity contribution >= 4 is 19.8 Å². The lowest BCUT2D eigenvalue weighted by Crippen LogP contribution is -2.47. The number of unbranched alkanes of at least 4 members (excludes halogenated alkanes) is 23. The van der Waals surface area contributed by atoms with E-state index < -0.39 is 76.7 Å². The molecule has 0 heterocycles. The average Bonchev–Trinajstić information content (AvgIpc) is 3.20. The van der Waals surface area contributed by atoms with Gasteiger partial charge < -0.3 is 39.9 Å². The number of allylic oxidation sites excluding steroid dienone is 2. The number of phosphoric ester groups is 1. The summed E-state index contributed by atoms with van der Waals surface area (Å²) >= 11 is 0. The molecule has 338 valence electrons. The lowest BCUT2D eigenvalue weighted by Gasteiger charge is -2.28. The van der Waals surface area contributed by atoms with Gasteiger partial charge in [0.1, 0.15) is 31.0 Å². The van der Waals surface area contributed by atoms with E-state index >= 15 is 0 Å². The summed E-state index contributed by atoms with van der Waals surface area (Å²) in [5, 5.41) is 48.3. The van der Waals surface area contributed by atoms with Gasteiger partial charge in [0, 0.05) is 12.8 Å². The van der Waals surface area contributed by atoms with Crippen LogP contribution in [0.25, 0.3) is 0 Å². The molecular weight excluding hydrogens is 755 g/mol. The summed E-state index contributed by atoms with van der Waals surface area (Å²) < 4.78 is 41.5. The van der Waals surface area contributed by atoms with Crippen molar-refractivity contribution in [3.63, 3.8) is 0 Å². The van der Waals surface area contributed by atoms with Gasteiger partial charge in [-0.1, -0.05) is 154 Å². The summed E-state index contributed by atoms with van der Waals surface area (Å²) in [6, 6.07) is 0. The summed E-state index contributed by atoms with van der Waals surface area (Å²) in [6.07, 6.45) is 24.1. The summed E-state index contributed by atoms with van der Waals surface area (Å²) in [4.78, 5) is 35.7. The van der Waals surface area contributed by atoms with Gasteiger partial charge in [-0.25, -0.2) is 4.57 Å². The molecule has 0 spiro atoms. The third-order valence-electron chi connectivity index (χ3n) is 9.92. The van der Waals surface area contributed by atoms with Crippen LogP contribution in [0.3, 0.4) is 0 Å². The number of ether oxygens (including phenoxy) is 2. The van der Waals surface area contributed by atoms with E-state index in [2.05, 4.69) is 26.0 Å². The fraction of sp³-hybridized carbons (Fsp3) is 0.907. The standard InChI is InChI=1S/C43H83O13P/c1-3-5-7-9-11-13-15-17-18-20-21-23-25-27-29-31-40(47)53-35-37(36-54-57(51,52)56-39(34-45)43(50)42(49)38(46)33-44)55-41(48)32-30-28-26-24-22-19-16-14-12-10-8-6-4-2/h22,24,37-39,42-46,49-50H,3-21,23,25-36H2,1-2H3,(H,51,52)/b24-22-/t37-,38-,39-,42-,43-/m1/s1/i35D/t35?,37-,38-,39-,42-,43-. The third kappa shape index (κ3) is 34.0. The van der Waals surface area contributed by atoms with Gasteiger partial charge in [0.2, 0.25) is 0 Å². The van der Waals surface area contributed by atoms with Crippen molar-refractivity contribution in [3.8, 4) is 0 Å². The lowest BCUT2D eigenvalue weighted by atomic mass is 10.0. The first-order valence-corrected chi connectivity index (χ1v) is 23.8. The second-order valence-corrected chi connectivity index (χ2v) is 16.7. The summed E-state index contributed by atoms with van der Waals surface area (Å²) in [5.41, 5.74) is 0. The van der Waals surface area contributed by atoms with Gasteiger partial charge in [0.25, 0.3) is 0 Å². The smallest absolute Gasteiger partial charge is 0.462 e. The molecule has 14 heteroatoms. The predicted molar refractivity (Wildman–Crippen MR) is 223 cm³/mol. The molecule has 6 N–H and O–H groups in total. The molecule has 0 saturated carbocycles. The van der Waals surface area contributed by atoms with Crippen LogP contribution < -0.4 is 0 Å². The minimum absolute atomic E-state index is 0.0149. The highest BCUT2D eigenvalue weighted by molar-refractivity contribution is 7.47. The summed E-state index contributed by atoms with van der Waals surface area (Å²) in [6.45, 7) is -0.317. The molecule has 0 rings (SSSR count). The number of esters is 2. The predicted octanol–water partition coefficient (Wildman–Crippen LogP) is 8.53. The number of aliphatic hydroxyl groups is 5. The number of phosphoric acid groups is 1. The van der Waals surface area contributed by atoms with Crippen LogP contribution in [0.5, 0.6) is 0 Å². The Hall–Kier alpha value is -1.41. The number of hydrogen-bond donors (Lipinski definition) is 6. The molecule has 0 amide bonds. The quantitative estimate of drug-likeness (QED) is 0.0148. The van der Waals surface area contributed by atoms with E-state index in [0.29, 0.717) is 19.3 Å². The molecule has 0 fully saturated rings. The van der Waals surface area contributed by atoms with Gasteiger partial charge in [-0.05, 0) is 38.5 Å². The molecule has 0 aromatic carbocycles. The van der Waals surface area contributed by atoms with Crippen molar-refractivity contribution < 1.29 is 64.5 Å². The highest BCUT2D eigenvalue weighted by atomic mass is 31.2. The van der Waals surface area contributed by atoms with Crippen LogP contribution in [0.2, 0.25) is 0 Å². The number of aliphatic hydroxyl groups excluding tert-OH is 5. The SMILES string of the molecule is [2H]C(OC(=O)CCCCCCCCCCCCCCCCC)[C@H](COP(=O)(O)O[C@H](CO)[C@@H](O)[C@H](O)[C@H](O)CO)OC(=O)CCCC/C=C\CCCCCCCCC. The Labute approximate surface area is 346 Å². The first-order valence-electron chi connectivity index (χ1n) is 22.9. The molecule has 0 aromatic rings. The largest absolute Gasteiger partial charge is 0.472 e. The van der Waals surface area contributed by atoms with E-state index in [9.17, 15) is 39.5 Å². The van der Waals surface area contributed by atoms with Crippen LogP contribution in [0.1, 0.15) is 195 Å². The minimum atomic E-state index is -5.16. The second-order valence-electron chi connectivity index (χ2n) is 15.3. The zero-order chi connectivity index (χ0) is 43.3. The molecule has 0 bridgehead atoms. The Kier molecular flexibility index (Phi) is 36.5. The first-order chi connectivity index (χ1) is 27.9. The minimum Gasteiger partial charge on any atom is -0.462 e. The molecule has 0 saturated heterocycles. The Bertz CT molecular complexity index is 1050. The van der Waals surface area contributed by atoms with Gasteiger partial charge >= 0.3 is 19.8 Å². The Morgan fingerprint density at radius 3 is 1.51 bits per heavy atom. The maximum Gasteiger partial charge on any atom is 0.472 e. The summed E-state index contributed by atoms with van der Waals surface area (Å²) in [7, 11) is -5.16.